The van der Waals surface area contributed by atoms with Gasteiger partial charge in [-0.1, -0.05) is 60.7 Å². The molecule has 1 atom stereocenters. The van der Waals surface area contributed by atoms with Gasteiger partial charge in [-0.2, -0.15) is 0 Å². The molecule has 0 fully saturated rings. The summed E-state index contributed by atoms with van der Waals surface area (Å²) >= 11 is 0. The topological polar surface area (TPSA) is 40.5 Å². The predicted molar refractivity (Wildman–Crippen MR) is 88.1 cm³/mol. The van der Waals surface area contributed by atoms with Crippen molar-refractivity contribution in [2.75, 3.05) is 0 Å². The number of rotatable bonds is 1. The molecule has 21 heavy (non-hydrogen) atoms. The Labute approximate surface area is 123 Å². The second-order valence-corrected chi connectivity index (χ2v) is 5.62. The van der Waals surface area contributed by atoms with Crippen molar-refractivity contribution in [2.24, 2.45) is 0 Å². The van der Waals surface area contributed by atoms with Gasteiger partial charge in [-0.15, -0.1) is 0 Å². The van der Waals surface area contributed by atoms with Gasteiger partial charge in [-0.05, 0) is 39.1 Å². The highest BCUT2D eigenvalue weighted by Gasteiger charge is 2.26. The average molecular weight is 274 g/mol. The van der Waals surface area contributed by atoms with Crippen LogP contribution in [0.4, 0.5) is 0 Å². The third-order valence-corrected chi connectivity index (χ3v) is 4.42. The van der Waals surface area contributed by atoms with Crippen molar-refractivity contribution in [3.8, 4) is 0 Å². The van der Waals surface area contributed by atoms with Crippen LogP contribution >= 0.6 is 0 Å². The van der Waals surface area contributed by atoms with Crippen LogP contribution in [0.5, 0.6) is 0 Å². The van der Waals surface area contributed by atoms with Crippen molar-refractivity contribution < 1.29 is 10.0 Å². The Bertz CT molecular complexity index is 868. The molecule has 1 unspecified atom stereocenters. The second kappa shape index (κ2) is 4.73. The number of allylic oxidation sites excluding steroid dienone is 1. The summed E-state index contributed by atoms with van der Waals surface area (Å²) in [5.41, 5.74) is 2.42. The lowest BCUT2D eigenvalue weighted by molar-refractivity contribution is 0.393. The van der Waals surface area contributed by atoms with E-state index in [1.165, 1.54) is 32.7 Å². The zero-order chi connectivity index (χ0) is 14.4. The van der Waals surface area contributed by atoms with E-state index in [2.05, 4.69) is 42.5 Å². The van der Waals surface area contributed by atoms with Crippen LogP contribution in [-0.2, 0) is 6.42 Å². The summed E-state index contributed by atoms with van der Waals surface area (Å²) in [6, 6.07) is 16.8. The molecule has 0 radical (unpaired) electrons. The Morgan fingerprint density at radius 2 is 1.38 bits per heavy atom. The van der Waals surface area contributed by atoms with Crippen molar-refractivity contribution in [1.82, 2.24) is 0 Å². The van der Waals surface area contributed by atoms with E-state index in [0.29, 0.717) is 6.42 Å². The third-order valence-electron chi connectivity index (χ3n) is 4.42. The maximum Gasteiger partial charge on any atom is 0.459 e. The van der Waals surface area contributed by atoms with Crippen LogP contribution in [0.15, 0.2) is 54.6 Å². The Balaban J connectivity index is 2.12. The van der Waals surface area contributed by atoms with E-state index in [9.17, 15) is 10.0 Å². The largest absolute Gasteiger partial charge is 0.459 e. The minimum atomic E-state index is -1.31. The molecule has 2 nitrogen and oxygen atoms in total. The van der Waals surface area contributed by atoms with Crippen molar-refractivity contribution in [2.45, 2.75) is 12.2 Å². The van der Waals surface area contributed by atoms with Crippen LogP contribution in [0.25, 0.3) is 27.6 Å². The van der Waals surface area contributed by atoms with Crippen LogP contribution in [0, 0.1) is 0 Å². The van der Waals surface area contributed by atoms with Gasteiger partial charge < -0.3 is 10.0 Å². The molecule has 0 saturated carbocycles. The standard InChI is InChI=1S/C18H15BO2/c20-19(21)12-9-10-17-15-7-2-1-5-13(15)14-6-3-4-8-16(14)18(17)11-12/h1-10,12,20-21H,11H2. The van der Waals surface area contributed by atoms with Gasteiger partial charge in [-0.3, -0.25) is 0 Å². The van der Waals surface area contributed by atoms with E-state index in [4.69, 9.17) is 0 Å². The van der Waals surface area contributed by atoms with Crippen LogP contribution in [-0.4, -0.2) is 17.2 Å². The van der Waals surface area contributed by atoms with Gasteiger partial charge in [0.25, 0.3) is 0 Å². The molecular formula is C18H15BO2. The zero-order valence-corrected chi connectivity index (χ0v) is 11.5. The fraction of sp³-hybridized carbons (Fsp3) is 0.111. The molecule has 1 aliphatic carbocycles. The first-order valence-corrected chi connectivity index (χ1v) is 7.22. The Morgan fingerprint density at radius 3 is 2.05 bits per heavy atom. The summed E-state index contributed by atoms with van der Waals surface area (Å²) in [5.74, 6) is -0.234. The molecular weight excluding hydrogens is 259 g/mol. The summed E-state index contributed by atoms with van der Waals surface area (Å²) in [5, 5.41) is 23.9. The minimum absolute atomic E-state index is 0.234. The van der Waals surface area contributed by atoms with E-state index < -0.39 is 7.12 Å². The molecule has 0 saturated heterocycles. The van der Waals surface area contributed by atoms with Crippen molar-refractivity contribution in [3.05, 3.63) is 65.7 Å². The quantitative estimate of drug-likeness (QED) is 0.527. The van der Waals surface area contributed by atoms with Gasteiger partial charge >= 0.3 is 7.12 Å². The Kier molecular flexibility index (Phi) is 2.84. The Morgan fingerprint density at radius 1 is 0.810 bits per heavy atom. The molecule has 3 aromatic carbocycles. The fourth-order valence-electron chi connectivity index (χ4n) is 3.38. The molecule has 3 heteroatoms. The normalized spacial score (nSPS) is 17.1. The van der Waals surface area contributed by atoms with Crippen molar-refractivity contribution >= 4 is 34.7 Å². The average Bonchev–Trinajstić information content (AvgIpc) is 2.54. The lowest BCUT2D eigenvalue weighted by Crippen LogP contribution is -2.22. The van der Waals surface area contributed by atoms with Gasteiger partial charge in [0, 0.05) is 5.82 Å². The van der Waals surface area contributed by atoms with Gasteiger partial charge in [0.15, 0.2) is 0 Å². The monoisotopic (exact) mass is 274 g/mol. The van der Waals surface area contributed by atoms with Gasteiger partial charge in [0.2, 0.25) is 0 Å². The molecule has 0 spiro atoms. The van der Waals surface area contributed by atoms with Gasteiger partial charge in [-0.25, -0.2) is 0 Å². The summed E-state index contributed by atoms with van der Waals surface area (Å²) in [6.07, 6.45) is 4.61. The van der Waals surface area contributed by atoms with Crippen LogP contribution < -0.4 is 0 Å². The molecule has 102 valence electrons. The highest BCUT2D eigenvalue weighted by atomic mass is 16.4. The molecule has 2 N–H and O–H groups in total. The Hall–Kier alpha value is -2.10. The first-order valence-electron chi connectivity index (χ1n) is 7.22. The summed E-state index contributed by atoms with van der Waals surface area (Å²) in [4.78, 5) is 0. The maximum absolute atomic E-state index is 9.49. The lowest BCUT2D eigenvalue weighted by Gasteiger charge is -2.22. The minimum Gasteiger partial charge on any atom is -0.427 e. The third kappa shape index (κ3) is 1.89. The second-order valence-electron chi connectivity index (χ2n) is 5.62. The van der Waals surface area contributed by atoms with E-state index in [1.807, 2.05) is 18.2 Å². The van der Waals surface area contributed by atoms with Crippen molar-refractivity contribution in [1.29, 1.82) is 0 Å². The highest BCUT2D eigenvalue weighted by Crippen LogP contribution is 2.38. The van der Waals surface area contributed by atoms with E-state index >= 15 is 0 Å². The first kappa shape index (κ1) is 12.6. The molecule has 4 rings (SSSR count). The highest BCUT2D eigenvalue weighted by molar-refractivity contribution is 6.44. The maximum atomic E-state index is 9.49. The van der Waals surface area contributed by atoms with Crippen molar-refractivity contribution in [3.63, 3.8) is 0 Å². The lowest BCUT2D eigenvalue weighted by atomic mass is 9.66. The molecule has 0 heterocycles. The zero-order valence-electron chi connectivity index (χ0n) is 11.5. The van der Waals surface area contributed by atoms with E-state index in [-0.39, 0.29) is 5.82 Å². The van der Waals surface area contributed by atoms with Crippen LogP contribution in [0.3, 0.4) is 0 Å². The van der Waals surface area contributed by atoms with Crippen LogP contribution in [0.1, 0.15) is 11.1 Å². The van der Waals surface area contributed by atoms with Crippen LogP contribution in [0.2, 0.25) is 5.82 Å². The number of hydrogen-bond donors (Lipinski definition) is 2. The summed E-state index contributed by atoms with van der Waals surface area (Å²) in [6.45, 7) is 0. The smallest absolute Gasteiger partial charge is 0.427 e. The van der Waals surface area contributed by atoms with E-state index in [1.54, 1.807) is 0 Å². The molecule has 0 aromatic heterocycles. The molecule has 3 aromatic rings. The summed E-state index contributed by atoms with van der Waals surface area (Å²) < 4.78 is 0. The molecule has 1 aliphatic rings. The molecule has 0 bridgehead atoms. The summed E-state index contributed by atoms with van der Waals surface area (Å²) in [7, 11) is -1.31. The number of hydrogen-bond acceptors (Lipinski definition) is 2. The molecule has 0 aliphatic heterocycles. The predicted octanol–water partition coefficient (Wildman–Crippen LogP) is 3.41. The fourth-order valence-corrected chi connectivity index (χ4v) is 3.38. The van der Waals surface area contributed by atoms with Gasteiger partial charge in [0.05, 0.1) is 0 Å². The van der Waals surface area contributed by atoms with E-state index in [0.717, 1.165) is 0 Å². The SMILES string of the molecule is OB(O)C1C=Cc2c(c3ccccc3c3ccccc23)C1. The number of benzene rings is 3. The first-order chi connectivity index (χ1) is 10.3. The molecule has 0 amide bonds. The van der Waals surface area contributed by atoms with Gasteiger partial charge in [0.1, 0.15) is 0 Å². The number of fused-ring (bicyclic) bond motifs is 6.